The molecule has 0 unspecified atom stereocenters. The second kappa shape index (κ2) is 5.00. The molecule has 0 N–H and O–H groups in total. The third-order valence-corrected chi connectivity index (χ3v) is 3.11. The van der Waals surface area contributed by atoms with Crippen LogP contribution < -0.4 is 4.90 Å². The average Bonchev–Trinajstić information content (AvgIpc) is 3.10. The van der Waals surface area contributed by atoms with E-state index in [2.05, 4.69) is 44.5 Å². The molecule has 18 heavy (non-hydrogen) atoms. The summed E-state index contributed by atoms with van der Waals surface area (Å²) in [6.45, 7) is 2.35. The monoisotopic (exact) mass is 241 g/mol. The van der Waals surface area contributed by atoms with Crippen molar-refractivity contribution in [2.75, 3.05) is 18.0 Å². The van der Waals surface area contributed by atoms with Gasteiger partial charge in [-0.1, -0.05) is 12.1 Å². The molecule has 0 spiro atoms. The smallest absolute Gasteiger partial charge is 0.141 e. The first-order valence-corrected chi connectivity index (χ1v) is 6.16. The van der Waals surface area contributed by atoms with E-state index in [1.54, 1.807) is 23.5 Å². The summed E-state index contributed by atoms with van der Waals surface area (Å²) in [5, 5.41) is 11.6. The van der Waals surface area contributed by atoms with Crippen LogP contribution in [0, 0.1) is 0 Å². The molecule has 1 saturated heterocycles. The number of aromatic nitrogens is 3. The van der Waals surface area contributed by atoms with Gasteiger partial charge in [0.25, 0.3) is 0 Å². The maximum absolute atomic E-state index is 4.22. The Morgan fingerprint density at radius 2 is 1.67 bits per heavy atom. The molecule has 0 radical (unpaired) electrons. The van der Waals surface area contributed by atoms with E-state index in [4.69, 9.17) is 0 Å². The second-order valence-electron chi connectivity index (χ2n) is 4.37. The van der Waals surface area contributed by atoms with E-state index in [1.807, 2.05) is 0 Å². The molecule has 3 rings (SSSR count). The van der Waals surface area contributed by atoms with Crippen molar-refractivity contribution in [3.63, 3.8) is 0 Å². The predicted molar refractivity (Wildman–Crippen MR) is 70.9 cm³/mol. The van der Waals surface area contributed by atoms with Gasteiger partial charge in [-0.25, -0.2) is 4.68 Å². The minimum absolute atomic E-state index is 1.08. The van der Waals surface area contributed by atoms with Gasteiger partial charge >= 0.3 is 0 Å². The molecule has 2 aromatic rings. The molecular formula is C13H15N5. The Bertz CT molecular complexity index is 509. The minimum atomic E-state index is 1.08. The van der Waals surface area contributed by atoms with Gasteiger partial charge in [0.05, 0.1) is 6.21 Å². The van der Waals surface area contributed by atoms with Crippen LogP contribution in [0.2, 0.25) is 0 Å². The summed E-state index contributed by atoms with van der Waals surface area (Å²) in [6.07, 6.45) is 7.54. The fraction of sp³-hybridized carbons (Fsp3) is 0.308. The molecule has 0 aliphatic carbocycles. The molecule has 1 aromatic heterocycles. The van der Waals surface area contributed by atoms with E-state index in [9.17, 15) is 0 Å². The molecule has 92 valence electrons. The molecule has 2 heterocycles. The molecule has 1 aliphatic rings. The summed E-state index contributed by atoms with van der Waals surface area (Å²) >= 11 is 0. The fourth-order valence-corrected chi connectivity index (χ4v) is 2.13. The van der Waals surface area contributed by atoms with Gasteiger partial charge in [0.15, 0.2) is 0 Å². The van der Waals surface area contributed by atoms with Crippen LogP contribution in [0.3, 0.4) is 0 Å². The maximum atomic E-state index is 4.22. The van der Waals surface area contributed by atoms with Gasteiger partial charge in [0, 0.05) is 18.8 Å². The lowest BCUT2D eigenvalue weighted by Crippen LogP contribution is -2.17. The first kappa shape index (κ1) is 11.0. The number of nitrogens with zero attached hydrogens (tertiary/aromatic N) is 5. The molecule has 0 bridgehead atoms. The summed E-state index contributed by atoms with van der Waals surface area (Å²) in [6, 6.07) is 8.47. The van der Waals surface area contributed by atoms with Gasteiger partial charge in [0.1, 0.15) is 12.7 Å². The molecule has 1 fully saturated rings. The Labute approximate surface area is 106 Å². The average molecular weight is 241 g/mol. The molecule has 1 aliphatic heterocycles. The van der Waals surface area contributed by atoms with Crippen LogP contribution in [0.15, 0.2) is 42.0 Å². The largest absolute Gasteiger partial charge is 0.372 e. The first-order valence-electron chi connectivity index (χ1n) is 6.16. The Kier molecular flexibility index (Phi) is 3.04. The summed E-state index contributed by atoms with van der Waals surface area (Å²) in [7, 11) is 0. The quantitative estimate of drug-likeness (QED) is 0.769. The van der Waals surface area contributed by atoms with Crippen LogP contribution in [-0.2, 0) is 0 Å². The molecule has 5 nitrogen and oxygen atoms in total. The van der Waals surface area contributed by atoms with Crippen molar-refractivity contribution in [1.82, 2.24) is 14.9 Å². The second-order valence-corrected chi connectivity index (χ2v) is 4.37. The molecule has 0 amide bonds. The van der Waals surface area contributed by atoms with E-state index < -0.39 is 0 Å². The summed E-state index contributed by atoms with van der Waals surface area (Å²) in [4.78, 5) is 2.42. The van der Waals surface area contributed by atoms with Crippen molar-refractivity contribution in [3.05, 3.63) is 42.5 Å². The number of anilines is 1. The third kappa shape index (κ3) is 2.40. The van der Waals surface area contributed by atoms with Gasteiger partial charge in [-0.3, -0.25) is 0 Å². The maximum Gasteiger partial charge on any atom is 0.141 e. The highest BCUT2D eigenvalue weighted by Crippen LogP contribution is 2.19. The van der Waals surface area contributed by atoms with Crippen LogP contribution in [0.4, 0.5) is 5.69 Å². The Balaban J connectivity index is 1.70. The van der Waals surface area contributed by atoms with Crippen molar-refractivity contribution in [2.24, 2.45) is 5.10 Å². The minimum Gasteiger partial charge on any atom is -0.372 e. The lowest BCUT2D eigenvalue weighted by molar-refractivity contribution is 0.878. The van der Waals surface area contributed by atoms with Crippen molar-refractivity contribution in [2.45, 2.75) is 12.8 Å². The van der Waals surface area contributed by atoms with Crippen LogP contribution in [0.25, 0.3) is 0 Å². The molecule has 5 heteroatoms. The van der Waals surface area contributed by atoms with Gasteiger partial charge < -0.3 is 4.90 Å². The van der Waals surface area contributed by atoms with Gasteiger partial charge in [-0.2, -0.15) is 5.10 Å². The SMILES string of the molecule is C(=Nn1cnnc1)c1ccc(N2CCCC2)cc1. The Morgan fingerprint density at radius 1 is 1.00 bits per heavy atom. The highest BCUT2D eigenvalue weighted by Gasteiger charge is 2.11. The van der Waals surface area contributed by atoms with E-state index in [-0.39, 0.29) is 0 Å². The van der Waals surface area contributed by atoms with E-state index in [0.29, 0.717) is 0 Å². The fourth-order valence-electron chi connectivity index (χ4n) is 2.13. The lowest BCUT2D eigenvalue weighted by Gasteiger charge is -2.17. The van der Waals surface area contributed by atoms with Crippen molar-refractivity contribution in [3.8, 4) is 0 Å². The highest BCUT2D eigenvalue weighted by molar-refractivity contribution is 5.80. The summed E-state index contributed by atoms with van der Waals surface area (Å²) in [5.74, 6) is 0. The standard InChI is InChI=1S/C13H15N5/c1-2-8-17(7-1)13-5-3-12(4-6-13)9-16-18-10-14-15-11-18/h3-6,9-11H,1-2,7-8H2. The summed E-state index contributed by atoms with van der Waals surface area (Å²) in [5.41, 5.74) is 2.38. The third-order valence-electron chi connectivity index (χ3n) is 3.11. The van der Waals surface area contributed by atoms with Crippen molar-refractivity contribution >= 4 is 11.9 Å². The summed E-state index contributed by atoms with van der Waals surface area (Å²) < 4.78 is 1.58. The molecule has 0 saturated carbocycles. The van der Waals surface area contributed by atoms with Gasteiger partial charge in [-0.05, 0) is 30.5 Å². The zero-order valence-electron chi connectivity index (χ0n) is 10.1. The van der Waals surface area contributed by atoms with Crippen LogP contribution in [-0.4, -0.2) is 34.2 Å². The van der Waals surface area contributed by atoms with Gasteiger partial charge in [-0.15, -0.1) is 10.2 Å². The predicted octanol–water partition coefficient (Wildman–Crippen LogP) is 1.76. The van der Waals surface area contributed by atoms with E-state index in [0.717, 1.165) is 5.56 Å². The normalized spacial score (nSPS) is 15.7. The van der Waals surface area contributed by atoms with Crippen LogP contribution >= 0.6 is 0 Å². The molecule has 0 atom stereocenters. The first-order chi connectivity index (χ1) is 8.92. The van der Waals surface area contributed by atoms with Crippen LogP contribution in [0.1, 0.15) is 18.4 Å². The van der Waals surface area contributed by atoms with Gasteiger partial charge in [0.2, 0.25) is 0 Å². The zero-order chi connectivity index (χ0) is 12.2. The highest BCUT2D eigenvalue weighted by atomic mass is 15.4. The van der Waals surface area contributed by atoms with Crippen molar-refractivity contribution < 1.29 is 0 Å². The Morgan fingerprint density at radius 3 is 2.33 bits per heavy atom. The number of hydrogen-bond donors (Lipinski definition) is 0. The Hall–Kier alpha value is -2.17. The van der Waals surface area contributed by atoms with E-state index >= 15 is 0 Å². The number of hydrogen-bond acceptors (Lipinski definition) is 4. The number of rotatable bonds is 3. The van der Waals surface area contributed by atoms with Crippen molar-refractivity contribution in [1.29, 1.82) is 0 Å². The molecule has 1 aromatic carbocycles. The lowest BCUT2D eigenvalue weighted by atomic mass is 10.2. The topological polar surface area (TPSA) is 46.3 Å². The number of benzene rings is 1. The molecular weight excluding hydrogens is 226 g/mol. The van der Waals surface area contributed by atoms with E-state index in [1.165, 1.54) is 31.6 Å². The van der Waals surface area contributed by atoms with Crippen LogP contribution in [0.5, 0.6) is 0 Å². The zero-order valence-corrected chi connectivity index (χ0v) is 10.1.